The van der Waals surface area contributed by atoms with Crippen LogP contribution in [-0.4, -0.2) is 84.0 Å². The molecule has 0 bridgehead atoms. The minimum absolute atomic E-state index is 0.0618. The third-order valence-electron chi connectivity index (χ3n) is 7.44. The molecule has 4 unspecified atom stereocenters. The Kier molecular flexibility index (Phi) is 10.8. The molecule has 4 atom stereocenters. The lowest BCUT2D eigenvalue weighted by atomic mass is 9.51. The van der Waals surface area contributed by atoms with Gasteiger partial charge in [-0.1, -0.05) is 59.3 Å². The molecular formula is C20H34O16S4. The zero-order valence-electron chi connectivity index (χ0n) is 21.8. The van der Waals surface area contributed by atoms with Crippen molar-refractivity contribution < 1.29 is 71.7 Å². The number of carboxylic acid groups (broad SMARTS) is 2. The minimum Gasteiger partial charge on any atom is -0.481 e. The van der Waals surface area contributed by atoms with Crippen LogP contribution in [0, 0.1) is 10.8 Å². The molecular weight excluding hydrogens is 624 g/mol. The highest BCUT2D eigenvalue weighted by Gasteiger charge is 2.84. The summed E-state index contributed by atoms with van der Waals surface area (Å²) in [6.07, 6.45) is -5.47. The van der Waals surface area contributed by atoms with Gasteiger partial charge in [-0.25, -0.2) is 0 Å². The molecule has 0 aromatic carbocycles. The Morgan fingerprint density at radius 3 is 1.40 bits per heavy atom. The van der Waals surface area contributed by atoms with E-state index in [9.17, 15) is 71.7 Å². The van der Waals surface area contributed by atoms with Gasteiger partial charge in [-0.2, -0.15) is 33.7 Å². The molecule has 0 heterocycles. The molecule has 0 radical (unpaired) electrons. The molecule has 6 N–H and O–H groups in total. The fourth-order valence-corrected chi connectivity index (χ4v) is 12.9. The van der Waals surface area contributed by atoms with Crippen LogP contribution in [0.15, 0.2) is 9.81 Å². The van der Waals surface area contributed by atoms with Crippen molar-refractivity contribution in [2.45, 2.75) is 88.6 Å². The summed E-state index contributed by atoms with van der Waals surface area (Å²) in [7, 11) is -25.4. The molecule has 0 fully saturated rings. The highest BCUT2D eigenvalue weighted by molar-refractivity contribution is 7.96. The molecule has 0 aromatic rings. The second-order valence-corrected chi connectivity index (χ2v) is 15.5. The summed E-state index contributed by atoms with van der Waals surface area (Å²) < 4.78 is 141. The summed E-state index contributed by atoms with van der Waals surface area (Å²) in [5.41, 5.74) is -7.75. The van der Waals surface area contributed by atoms with Gasteiger partial charge in [-0.15, -0.1) is 0 Å². The van der Waals surface area contributed by atoms with Crippen molar-refractivity contribution in [2.24, 2.45) is 10.8 Å². The van der Waals surface area contributed by atoms with Gasteiger partial charge >= 0.3 is 11.9 Å². The Labute approximate surface area is 232 Å². The molecule has 1 aliphatic rings. The van der Waals surface area contributed by atoms with Gasteiger partial charge in [0.1, 0.15) is 30.6 Å². The maximum absolute atomic E-state index is 13.5. The molecule has 234 valence electrons. The van der Waals surface area contributed by atoms with Crippen molar-refractivity contribution in [2.75, 3.05) is 0 Å². The number of carboxylic acids is 2. The Balaban J connectivity index is 5.31. The SMILES string of the molecule is CCCCC1(C(=O)O)C(S(=O)(=O)O)=C(S(=O)(=O)O)C(S(=O)(=O)O)C(CCCC)(C(=O)O)C1(CCCC)S(=O)(=O)O. The van der Waals surface area contributed by atoms with Gasteiger partial charge in [0, 0.05) is 0 Å². The van der Waals surface area contributed by atoms with Crippen molar-refractivity contribution >= 4 is 52.4 Å². The number of hydrogen-bond donors (Lipinski definition) is 6. The first kappa shape index (κ1) is 36.3. The first-order valence-electron chi connectivity index (χ1n) is 12.0. The van der Waals surface area contributed by atoms with E-state index in [1.165, 1.54) is 20.8 Å². The molecule has 0 saturated carbocycles. The van der Waals surface area contributed by atoms with E-state index in [1.54, 1.807) is 0 Å². The van der Waals surface area contributed by atoms with E-state index in [2.05, 4.69) is 0 Å². The van der Waals surface area contributed by atoms with Gasteiger partial charge < -0.3 is 10.2 Å². The summed E-state index contributed by atoms with van der Waals surface area (Å²) in [4.78, 5) is 21.6. The molecule has 0 saturated heterocycles. The number of hydrogen-bond acceptors (Lipinski definition) is 10. The van der Waals surface area contributed by atoms with Crippen molar-refractivity contribution in [3.8, 4) is 0 Å². The summed E-state index contributed by atoms with van der Waals surface area (Å²) in [6.45, 7) is 4.18. The largest absolute Gasteiger partial charge is 0.481 e. The molecule has 40 heavy (non-hydrogen) atoms. The van der Waals surface area contributed by atoms with Gasteiger partial charge in [-0.3, -0.25) is 27.8 Å². The van der Waals surface area contributed by atoms with Crippen molar-refractivity contribution in [3.05, 3.63) is 9.81 Å². The number of unbranched alkanes of at least 4 members (excludes halogenated alkanes) is 3. The third-order valence-corrected chi connectivity index (χ3v) is 12.8. The standard InChI is InChI=1S/C20H34O16S4/c1-4-7-10-18(16(21)22)14(38(28,29)30)13(37(25,26)27)15(39(31,32)33)19(17(23)24,11-8-5-2)20(18,12-9-6-3)40(34,35)36/h14H,4-12H2,1-3H3,(H,21,22)(H,23,24)(H,25,26,27)(H,28,29,30)(H,31,32,33)(H,34,35,36). The first-order chi connectivity index (χ1) is 17.9. The second kappa shape index (κ2) is 11.9. The summed E-state index contributed by atoms with van der Waals surface area (Å²) in [5, 5.41) is 17.5. The van der Waals surface area contributed by atoms with Crippen LogP contribution in [0.3, 0.4) is 0 Å². The topological polar surface area (TPSA) is 292 Å². The van der Waals surface area contributed by atoms with Gasteiger partial charge in [0.05, 0.1) is 0 Å². The predicted octanol–water partition coefficient (Wildman–Crippen LogP) is 1.58. The Hall–Kier alpha value is -1.68. The molecule has 0 amide bonds. The number of rotatable bonds is 15. The van der Waals surface area contributed by atoms with Crippen molar-refractivity contribution in [3.63, 3.8) is 0 Å². The molecule has 20 heteroatoms. The average Bonchev–Trinajstić information content (AvgIpc) is 2.75. The molecule has 16 nitrogen and oxygen atoms in total. The lowest BCUT2D eigenvalue weighted by Gasteiger charge is -2.59. The van der Waals surface area contributed by atoms with Gasteiger partial charge in [-0.05, 0) is 19.3 Å². The lowest BCUT2D eigenvalue weighted by Crippen LogP contribution is -2.77. The zero-order chi connectivity index (χ0) is 31.8. The number of aliphatic carboxylic acids is 2. The smallest absolute Gasteiger partial charge is 0.316 e. The highest BCUT2D eigenvalue weighted by Crippen LogP contribution is 2.68. The normalized spacial score (nSPS) is 28.4. The van der Waals surface area contributed by atoms with E-state index in [0.717, 1.165) is 0 Å². The van der Waals surface area contributed by atoms with Crippen LogP contribution in [0.1, 0.15) is 78.6 Å². The fourth-order valence-electron chi connectivity index (χ4n) is 6.07. The monoisotopic (exact) mass is 658 g/mol. The Bertz CT molecular complexity index is 1480. The maximum atomic E-state index is 13.5. The minimum atomic E-state index is -6.37. The van der Waals surface area contributed by atoms with E-state index < -0.39 is 122 Å². The Morgan fingerprint density at radius 1 is 0.675 bits per heavy atom. The lowest BCUT2D eigenvalue weighted by molar-refractivity contribution is -0.164. The highest BCUT2D eigenvalue weighted by atomic mass is 32.2. The van der Waals surface area contributed by atoms with Gasteiger partial charge in [0.25, 0.3) is 40.5 Å². The van der Waals surface area contributed by atoms with Crippen molar-refractivity contribution in [1.82, 2.24) is 0 Å². The van der Waals surface area contributed by atoms with Crippen LogP contribution in [0.25, 0.3) is 0 Å². The Morgan fingerprint density at radius 2 is 1.10 bits per heavy atom. The first-order valence-corrected chi connectivity index (χ1v) is 17.8. The maximum Gasteiger partial charge on any atom is 0.316 e. The predicted molar refractivity (Wildman–Crippen MR) is 138 cm³/mol. The van der Waals surface area contributed by atoms with Crippen LogP contribution < -0.4 is 0 Å². The van der Waals surface area contributed by atoms with Gasteiger partial charge in [0.2, 0.25) is 0 Å². The fraction of sp³-hybridized carbons (Fsp3) is 0.800. The van der Waals surface area contributed by atoms with Crippen LogP contribution >= 0.6 is 0 Å². The zero-order valence-corrected chi connectivity index (χ0v) is 25.1. The van der Waals surface area contributed by atoms with Crippen LogP contribution in [0.5, 0.6) is 0 Å². The van der Waals surface area contributed by atoms with E-state index in [0.29, 0.717) is 0 Å². The van der Waals surface area contributed by atoms with E-state index in [1.807, 2.05) is 0 Å². The molecule has 0 aromatic heterocycles. The van der Waals surface area contributed by atoms with Crippen LogP contribution in [-0.2, 0) is 50.1 Å². The molecule has 1 aliphatic carbocycles. The molecule has 1 rings (SSSR count). The summed E-state index contributed by atoms with van der Waals surface area (Å²) in [5.74, 6) is -5.09. The van der Waals surface area contributed by atoms with Crippen LogP contribution in [0.4, 0.5) is 0 Å². The summed E-state index contributed by atoms with van der Waals surface area (Å²) >= 11 is 0. The van der Waals surface area contributed by atoms with Crippen LogP contribution in [0.2, 0.25) is 0 Å². The quantitative estimate of drug-likeness (QED) is 0.136. The average molecular weight is 659 g/mol. The number of carbonyl (C=O) groups is 2. The molecule has 0 spiro atoms. The van der Waals surface area contributed by atoms with E-state index in [-0.39, 0.29) is 19.3 Å². The molecule has 0 aliphatic heterocycles. The summed E-state index contributed by atoms with van der Waals surface area (Å²) in [6, 6.07) is 0. The third kappa shape index (κ3) is 5.55. The second-order valence-electron chi connectivity index (χ2n) is 9.64. The van der Waals surface area contributed by atoms with E-state index >= 15 is 0 Å². The van der Waals surface area contributed by atoms with Gasteiger partial charge in [0.15, 0.2) is 0 Å². The van der Waals surface area contributed by atoms with Crippen molar-refractivity contribution in [1.29, 1.82) is 0 Å². The van der Waals surface area contributed by atoms with E-state index in [4.69, 9.17) is 0 Å².